The lowest BCUT2D eigenvalue weighted by Crippen LogP contribution is -2.46. The summed E-state index contributed by atoms with van der Waals surface area (Å²) < 4.78 is 13.6. The molecule has 22 heavy (non-hydrogen) atoms. The molecule has 2 aliphatic rings. The van der Waals surface area contributed by atoms with Crippen LogP contribution in [0.2, 0.25) is 0 Å². The third-order valence-corrected chi connectivity index (χ3v) is 4.80. The van der Waals surface area contributed by atoms with E-state index in [-0.39, 0.29) is 17.3 Å². The van der Waals surface area contributed by atoms with Crippen LogP contribution in [0.3, 0.4) is 0 Å². The molecule has 3 rings (SSSR count). The van der Waals surface area contributed by atoms with Crippen molar-refractivity contribution < 1.29 is 14.0 Å². The van der Waals surface area contributed by atoms with Gasteiger partial charge in [0.15, 0.2) is 0 Å². The smallest absolute Gasteiger partial charge is 0.335 e. The van der Waals surface area contributed by atoms with Gasteiger partial charge in [-0.2, -0.15) is 0 Å². The number of carbonyl (C=O) groups is 1. The fraction of sp³-hybridized carbons (Fsp3) is 0.588. The second-order valence-electron chi connectivity index (χ2n) is 6.30. The SMILES string of the molecule is O=C(NCC1(c2cccc(F)c2)CCCCC1)N1CCCO1. The molecule has 0 atom stereocenters. The number of urea groups is 1. The average molecular weight is 306 g/mol. The largest absolute Gasteiger partial charge is 0.341 e. The van der Waals surface area contributed by atoms with Crippen LogP contribution >= 0.6 is 0 Å². The summed E-state index contributed by atoms with van der Waals surface area (Å²) in [6.07, 6.45) is 6.29. The fourth-order valence-corrected chi connectivity index (χ4v) is 3.56. The summed E-state index contributed by atoms with van der Waals surface area (Å²) >= 11 is 0. The van der Waals surface area contributed by atoms with E-state index in [2.05, 4.69) is 5.32 Å². The van der Waals surface area contributed by atoms with Crippen molar-refractivity contribution in [3.05, 3.63) is 35.6 Å². The summed E-state index contributed by atoms with van der Waals surface area (Å²) in [6.45, 7) is 1.77. The number of amides is 2. The summed E-state index contributed by atoms with van der Waals surface area (Å²) in [4.78, 5) is 17.4. The van der Waals surface area contributed by atoms with E-state index < -0.39 is 0 Å². The van der Waals surface area contributed by atoms with Gasteiger partial charge in [0.1, 0.15) is 5.82 Å². The van der Waals surface area contributed by atoms with Gasteiger partial charge in [0.05, 0.1) is 13.2 Å². The third-order valence-electron chi connectivity index (χ3n) is 4.80. The number of carbonyl (C=O) groups excluding carboxylic acids is 1. The van der Waals surface area contributed by atoms with Gasteiger partial charge in [0, 0.05) is 12.0 Å². The molecule has 4 nitrogen and oxygen atoms in total. The maximum atomic E-state index is 13.6. The van der Waals surface area contributed by atoms with Crippen LogP contribution < -0.4 is 5.32 Å². The molecule has 2 fully saturated rings. The number of nitrogens with zero attached hydrogens (tertiary/aromatic N) is 1. The highest BCUT2D eigenvalue weighted by molar-refractivity contribution is 5.73. The first kappa shape index (κ1) is 15.3. The lowest BCUT2D eigenvalue weighted by Gasteiger charge is -2.38. The molecule has 1 aliphatic carbocycles. The minimum Gasteiger partial charge on any atom is -0.335 e. The molecule has 2 amide bonds. The van der Waals surface area contributed by atoms with Gasteiger partial charge in [-0.15, -0.1) is 0 Å². The minimum atomic E-state index is -0.211. The lowest BCUT2D eigenvalue weighted by atomic mass is 9.69. The van der Waals surface area contributed by atoms with Gasteiger partial charge >= 0.3 is 6.03 Å². The van der Waals surface area contributed by atoms with Crippen molar-refractivity contribution in [3.8, 4) is 0 Å². The van der Waals surface area contributed by atoms with Gasteiger partial charge in [0.25, 0.3) is 0 Å². The summed E-state index contributed by atoms with van der Waals surface area (Å²) in [7, 11) is 0. The van der Waals surface area contributed by atoms with E-state index in [4.69, 9.17) is 4.84 Å². The molecule has 0 aromatic heterocycles. The first-order chi connectivity index (χ1) is 10.7. The monoisotopic (exact) mass is 306 g/mol. The highest BCUT2D eigenvalue weighted by Crippen LogP contribution is 2.39. The van der Waals surface area contributed by atoms with Crippen LogP contribution in [0.5, 0.6) is 0 Å². The van der Waals surface area contributed by atoms with Gasteiger partial charge < -0.3 is 5.32 Å². The molecule has 1 saturated heterocycles. The minimum absolute atomic E-state index is 0.157. The van der Waals surface area contributed by atoms with E-state index in [1.165, 1.54) is 17.6 Å². The Morgan fingerprint density at radius 1 is 1.27 bits per heavy atom. The van der Waals surface area contributed by atoms with Gasteiger partial charge in [0.2, 0.25) is 0 Å². The number of rotatable bonds is 3. The quantitative estimate of drug-likeness (QED) is 0.930. The predicted molar refractivity (Wildman–Crippen MR) is 81.8 cm³/mol. The van der Waals surface area contributed by atoms with Crippen LogP contribution in [0, 0.1) is 5.82 Å². The van der Waals surface area contributed by atoms with Gasteiger partial charge in [-0.1, -0.05) is 31.4 Å². The number of nitrogens with one attached hydrogen (secondary N) is 1. The molecular formula is C17H23FN2O2. The highest BCUT2D eigenvalue weighted by Gasteiger charge is 2.35. The lowest BCUT2D eigenvalue weighted by molar-refractivity contribution is -0.0666. The van der Waals surface area contributed by atoms with E-state index in [0.29, 0.717) is 19.7 Å². The van der Waals surface area contributed by atoms with E-state index in [0.717, 1.165) is 37.7 Å². The number of hydrogen-bond acceptors (Lipinski definition) is 2. The molecule has 0 unspecified atom stereocenters. The average Bonchev–Trinajstić information content (AvgIpc) is 3.08. The Hall–Kier alpha value is -1.62. The third kappa shape index (κ3) is 3.24. The van der Waals surface area contributed by atoms with Gasteiger partial charge in [-0.05, 0) is 37.0 Å². The maximum absolute atomic E-state index is 13.6. The number of hydroxylamine groups is 2. The zero-order valence-corrected chi connectivity index (χ0v) is 12.8. The Labute approximate surface area is 130 Å². The Kier molecular flexibility index (Phi) is 4.62. The van der Waals surface area contributed by atoms with Crippen LogP contribution in [0.1, 0.15) is 44.1 Å². The highest BCUT2D eigenvalue weighted by atomic mass is 19.1. The molecule has 0 radical (unpaired) electrons. The normalized spacial score (nSPS) is 20.9. The van der Waals surface area contributed by atoms with Crippen LogP contribution in [0.4, 0.5) is 9.18 Å². The van der Waals surface area contributed by atoms with E-state index in [1.807, 2.05) is 6.07 Å². The van der Waals surface area contributed by atoms with Crippen molar-refractivity contribution in [1.82, 2.24) is 10.4 Å². The molecule has 1 heterocycles. The van der Waals surface area contributed by atoms with Crippen LogP contribution in [0.15, 0.2) is 24.3 Å². The molecule has 1 aromatic rings. The maximum Gasteiger partial charge on any atom is 0.341 e. The predicted octanol–water partition coefficient (Wildman–Crippen LogP) is 3.37. The van der Waals surface area contributed by atoms with Crippen molar-refractivity contribution in [2.24, 2.45) is 0 Å². The first-order valence-corrected chi connectivity index (χ1v) is 8.14. The van der Waals surface area contributed by atoms with Crippen LogP contribution in [0.25, 0.3) is 0 Å². The second kappa shape index (κ2) is 6.65. The topological polar surface area (TPSA) is 41.6 Å². The van der Waals surface area contributed by atoms with Crippen LogP contribution in [-0.2, 0) is 10.3 Å². The summed E-state index contributed by atoms with van der Waals surface area (Å²) in [5.41, 5.74) is 0.838. The van der Waals surface area contributed by atoms with E-state index in [9.17, 15) is 9.18 Å². The molecule has 1 aliphatic heterocycles. The molecule has 1 aromatic carbocycles. The summed E-state index contributed by atoms with van der Waals surface area (Å²) in [5.74, 6) is -0.211. The molecule has 5 heteroatoms. The first-order valence-electron chi connectivity index (χ1n) is 8.14. The van der Waals surface area contributed by atoms with Crippen LogP contribution in [-0.4, -0.2) is 30.8 Å². The molecule has 0 bridgehead atoms. The summed E-state index contributed by atoms with van der Waals surface area (Å²) in [6, 6.07) is 6.64. The Morgan fingerprint density at radius 3 is 2.77 bits per heavy atom. The van der Waals surface area contributed by atoms with Crippen molar-refractivity contribution in [2.45, 2.75) is 43.9 Å². The Bertz CT molecular complexity index is 523. The van der Waals surface area contributed by atoms with Crippen molar-refractivity contribution in [1.29, 1.82) is 0 Å². The molecule has 1 saturated carbocycles. The Balaban J connectivity index is 1.73. The van der Waals surface area contributed by atoms with E-state index >= 15 is 0 Å². The van der Waals surface area contributed by atoms with E-state index in [1.54, 1.807) is 12.1 Å². The number of benzene rings is 1. The number of halogens is 1. The standard InChI is InChI=1S/C17H23FN2O2/c18-15-7-4-6-14(12-15)17(8-2-1-3-9-17)13-19-16(21)20-10-5-11-22-20/h4,6-7,12H,1-3,5,8-11,13H2,(H,19,21). The molecule has 1 N–H and O–H groups in total. The fourth-order valence-electron chi connectivity index (χ4n) is 3.56. The van der Waals surface area contributed by atoms with Crippen molar-refractivity contribution >= 4 is 6.03 Å². The zero-order chi connectivity index (χ0) is 15.4. The molecular weight excluding hydrogens is 283 g/mol. The van der Waals surface area contributed by atoms with Gasteiger partial charge in [-0.3, -0.25) is 4.84 Å². The molecule has 120 valence electrons. The molecule has 0 spiro atoms. The van der Waals surface area contributed by atoms with Crippen molar-refractivity contribution in [2.75, 3.05) is 19.7 Å². The zero-order valence-electron chi connectivity index (χ0n) is 12.8. The van der Waals surface area contributed by atoms with Crippen molar-refractivity contribution in [3.63, 3.8) is 0 Å². The Morgan fingerprint density at radius 2 is 2.09 bits per heavy atom. The second-order valence-corrected chi connectivity index (χ2v) is 6.30. The number of hydrogen-bond donors (Lipinski definition) is 1. The summed E-state index contributed by atoms with van der Waals surface area (Å²) in [5, 5.41) is 4.38. The van der Waals surface area contributed by atoms with Gasteiger partial charge in [-0.25, -0.2) is 14.2 Å².